The number of benzene rings is 2. The Hall–Kier alpha value is -2.31. The Labute approximate surface area is 213 Å². The molecule has 1 fully saturated rings. The molecular formula is C21H27Cl3N6O4. The number of rotatable bonds is 6. The zero-order chi connectivity index (χ0) is 24.3. The van der Waals surface area contributed by atoms with Crippen molar-refractivity contribution in [1.29, 1.82) is 0 Å². The van der Waals surface area contributed by atoms with Crippen LogP contribution in [0.4, 0.5) is 22.7 Å². The molecule has 1 saturated heterocycles. The van der Waals surface area contributed by atoms with Crippen molar-refractivity contribution in [1.82, 2.24) is 4.90 Å². The first kappa shape index (κ1) is 27.9. The van der Waals surface area contributed by atoms with Gasteiger partial charge in [0.25, 0.3) is 5.91 Å². The van der Waals surface area contributed by atoms with E-state index in [9.17, 15) is 20.0 Å². The molecule has 1 aliphatic rings. The average molecular weight is 534 g/mol. The summed E-state index contributed by atoms with van der Waals surface area (Å²) >= 11 is 11.9. The number of anilines is 4. The summed E-state index contributed by atoms with van der Waals surface area (Å²) in [6.45, 7) is 2.29. The molecule has 2 aromatic carbocycles. The number of carbonyl (C=O) groups excluding carboxylic acids is 2. The van der Waals surface area contributed by atoms with E-state index in [1.165, 1.54) is 36.4 Å². The Bertz CT molecular complexity index is 1050. The summed E-state index contributed by atoms with van der Waals surface area (Å²) in [5.74, 6) is -0.991. The zero-order valence-corrected chi connectivity index (χ0v) is 20.8. The van der Waals surface area contributed by atoms with Crippen LogP contribution in [0.25, 0.3) is 0 Å². The summed E-state index contributed by atoms with van der Waals surface area (Å²) in [6, 6.07) is 8.88. The molecule has 2 aromatic rings. The van der Waals surface area contributed by atoms with Crippen LogP contribution in [0.2, 0.25) is 10.0 Å². The molecular weight excluding hydrogens is 507 g/mol. The van der Waals surface area contributed by atoms with Crippen molar-refractivity contribution in [2.75, 3.05) is 67.9 Å². The number of quaternary nitrogens is 1. The lowest BCUT2D eigenvalue weighted by atomic mass is 10.2. The Morgan fingerprint density at radius 1 is 0.941 bits per heavy atom. The first-order chi connectivity index (χ1) is 15.5. The van der Waals surface area contributed by atoms with E-state index in [-0.39, 0.29) is 46.9 Å². The third-order valence-electron chi connectivity index (χ3n) is 5.72. The maximum Gasteiger partial charge on any atom is 0.305 e. The second-order valence-corrected chi connectivity index (χ2v) is 9.14. The van der Waals surface area contributed by atoms with Crippen LogP contribution in [0, 0.1) is 0 Å². The summed E-state index contributed by atoms with van der Waals surface area (Å²) in [5.41, 5.74) is 12.5. The number of nitrogen functional groups attached to an aromatic ring is 2. The number of likely N-dealkylation sites (N-methyl/N-ethyl adjacent to an activating group) is 1. The van der Waals surface area contributed by atoms with Gasteiger partial charge >= 0.3 is 5.91 Å². The minimum absolute atomic E-state index is 0. The van der Waals surface area contributed by atoms with Gasteiger partial charge in [-0.1, -0.05) is 23.2 Å². The van der Waals surface area contributed by atoms with Crippen molar-refractivity contribution in [2.45, 2.75) is 0 Å². The Balaban J connectivity index is 0.00000408. The van der Waals surface area contributed by atoms with E-state index in [2.05, 4.69) is 0 Å². The van der Waals surface area contributed by atoms with Gasteiger partial charge < -0.3 is 28.4 Å². The van der Waals surface area contributed by atoms with Gasteiger partial charge in [0.05, 0.1) is 59.5 Å². The minimum Gasteiger partial charge on any atom is -1.00 e. The van der Waals surface area contributed by atoms with Gasteiger partial charge in [-0.05, 0) is 36.4 Å². The molecule has 1 heterocycles. The molecule has 6 N–H and O–H groups in total. The van der Waals surface area contributed by atoms with Crippen LogP contribution < -0.4 is 34.0 Å². The molecule has 0 aromatic heterocycles. The fourth-order valence-electron chi connectivity index (χ4n) is 3.54. The van der Waals surface area contributed by atoms with Gasteiger partial charge in [-0.2, -0.15) is 10.1 Å². The highest BCUT2D eigenvalue weighted by Crippen LogP contribution is 2.26. The Kier molecular flexibility index (Phi) is 9.37. The van der Waals surface area contributed by atoms with Crippen molar-refractivity contribution in [3.8, 4) is 0 Å². The third-order valence-corrected chi connectivity index (χ3v) is 6.37. The first-order valence-electron chi connectivity index (χ1n) is 10.2. The van der Waals surface area contributed by atoms with Crippen molar-refractivity contribution >= 4 is 57.8 Å². The van der Waals surface area contributed by atoms with Gasteiger partial charge in [-0.25, -0.2) is 0 Å². The maximum atomic E-state index is 12.6. The molecule has 0 bridgehead atoms. The van der Waals surface area contributed by atoms with Crippen LogP contribution in [0.5, 0.6) is 0 Å². The van der Waals surface area contributed by atoms with E-state index in [0.717, 1.165) is 0 Å². The highest BCUT2D eigenvalue weighted by atomic mass is 35.5. The van der Waals surface area contributed by atoms with Crippen LogP contribution in [-0.4, -0.2) is 77.9 Å². The highest BCUT2D eigenvalue weighted by molar-refractivity contribution is 6.33. The van der Waals surface area contributed by atoms with Gasteiger partial charge in [0.15, 0.2) is 6.54 Å². The van der Waals surface area contributed by atoms with Crippen molar-refractivity contribution < 1.29 is 36.9 Å². The van der Waals surface area contributed by atoms with Crippen LogP contribution in [0.1, 0.15) is 0 Å². The van der Waals surface area contributed by atoms with Crippen LogP contribution in [0.3, 0.4) is 0 Å². The topological polar surface area (TPSA) is 136 Å². The molecule has 1 aliphatic heterocycles. The van der Waals surface area contributed by atoms with Crippen LogP contribution in [0.15, 0.2) is 36.4 Å². The monoisotopic (exact) mass is 532 g/mol. The smallest absolute Gasteiger partial charge is 0.305 e. The van der Waals surface area contributed by atoms with Gasteiger partial charge in [0, 0.05) is 13.1 Å². The van der Waals surface area contributed by atoms with E-state index in [0.29, 0.717) is 52.2 Å². The lowest BCUT2D eigenvalue weighted by Crippen LogP contribution is -3.00. The fraction of sp³-hybridized carbons (Fsp3) is 0.333. The fourth-order valence-corrected chi connectivity index (χ4v) is 3.89. The average Bonchev–Trinajstić information content (AvgIpc) is 2.78. The lowest BCUT2D eigenvalue weighted by Gasteiger charge is -2.41. The SMILES string of the molecule is C[N+]1(CC(=O)N(O)c2ccc(N)c(Cl)c2)CCN(CC(=O)N(O)c2ccc(N)c(Cl)c2)CC1.[Cl-]. The molecule has 0 unspecified atom stereocenters. The van der Waals surface area contributed by atoms with E-state index >= 15 is 0 Å². The number of piperazine rings is 1. The van der Waals surface area contributed by atoms with Crippen molar-refractivity contribution in [3.63, 3.8) is 0 Å². The molecule has 34 heavy (non-hydrogen) atoms. The summed E-state index contributed by atoms with van der Waals surface area (Å²) in [7, 11) is 1.91. The molecule has 186 valence electrons. The van der Waals surface area contributed by atoms with Crippen molar-refractivity contribution in [2.24, 2.45) is 0 Å². The summed E-state index contributed by atoms with van der Waals surface area (Å²) < 4.78 is 0.389. The van der Waals surface area contributed by atoms with E-state index in [1.54, 1.807) is 0 Å². The molecule has 13 heteroatoms. The largest absolute Gasteiger partial charge is 1.00 e. The van der Waals surface area contributed by atoms with Gasteiger partial charge in [-0.15, -0.1) is 0 Å². The predicted molar refractivity (Wildman–Crippen MR) is 127 cm³/mol. The molecule has 0 radical (unpaired) electrons. The molecule has 2 amide bonds. The number of nitrogens with two attached hydrogens (primary N) is 2. The first-order valence-corrected chi connectivity index (χ1v) is 10.9. The zero-order valence-electron chi connectivity index (χ0n) is 18.5. The number of amides is 2. The standard InChI is InChI=1S/C21H27Cl2N6O4.ClH/c1-29(13-21(31)28(33)15-3-5-19(25)17(23)11-15)8-6-26(7-9-29)12-20(30)27(32)14-2-4-18(24)16(22)10-14;/h2-5,10-11,32-33H,6-9,12-13,24-25H2,1H3;1H/q+1;/p-1. The number of nitrogens with zero attached hydrogens (tertiary/aromatic N) is 4. The third kappa shape index (κ3) is 6.63. The summed E-state index contributed by atoms with van der Waals surface area (Å²) in [4.78, 5) is 27.0. The van der Waals surface area contributed by atoms with Gasteiger partial charge in [0.2, 0.25) is 0 Å². The lowest BCUT2D eigenvalue weighted by molar-refractivity contribution is -0.906. The van der Waals surface area contributed by atoms with Crippen LogP contribution in [-0.2, 0) is 9.59 Å². The number of hydrogen-bond acceptors (Lipinski definition) is 7. The van der Waals surface area contributed by atoms with Gasteiger partial charge in [0.1, 0.15) is 0 Å². The molecule has 0 saturated carbocycles. The van der Waals surface area contributed by atoms with E-state index in [1.807, 2.05) is 11.9 Å². The van der Waals surface area contributed by atoms with E-state index in [4.69, 9.17) is 34.7 Å². The summed E-state index contributed by atoms with van der Waals surface area (Å²) in [5, 5.41) is 22.1. The van der Waals surface area contributed by atoms with Crippen LogP contribution >= 0.6 is 23.2 Å². The number of halogens is 3. The van der Waals surface area contributed by atoms with Gasteiger partial charge in [-0.3, -0.25) is 24.9 Å². The molecule has 0 aliphatic carbocycles. The number of hydrogen-bond donors (Lipinski definition) is 4. The minimum atomic E-state index is -0.509. The van der Waals surface area contributed by atoms with Crippen molar-refractivity contribution in [3.05, 3.63) is 46.4 Å². The second-order valence-electron chi connectivity index (χ2n) is 8.32. The Morgan fingerprint density at radius 3 is 1.82 bits per heavy atom. The molecule has 0 atom stereocenters. The number of carbonyl (C=O) groups is 2. The second kappa shape index (κ2) is 11.4. The highest BCUT2D eigenvalue weighted by Gasteiger charge is 2.34. The molecule has 0 spiro atoms. The quantitative estimate of drug-likeness (QED) is 0.163. The number of hydroxylamine groups is 2. The predicted octanol–water partition coefficient (Wildman–Crippen LogP) is -0.931. The molecule has 10 nitrogen and oxygen atoms in total. The molecule has 3 rings (SSSR count). The van der Waals surface area contributed by atoms with E-state index < -0.39 is 11.8 Å². The maximum absolute atomic E-state index is 12.6. The Morgan fingerprint density at radius 2 is 1.38 bits per heavy atom. The summed E-state index contributed by atoms with van der Waals surface area (Å²) in [6.07, 6.45) is 0. The normalized spacial score (nSPS) is 15.3.